The number of nitrogens with one attached hydrogen (secondary N) is 1. The molecule has 0 atom stereocenters. The Morgan fingerprint density at radius 2 is 1.70 bits per heavy atom. The smallest absolute Gasteiger partial charge is 0.244 e. The van der Waals surface area contributed by atoms with Gasteiger partial charge in [-0.05, 0) is 40.5 Å². The van der Waals surface area contributed by atoms with Crippen molar-refractivity contribution in [1.82, 2.24) is 5.32 Å². The number of phenols is 1. The molecular formula is C23H21NO3. The number of carbonyl (C=O) groups is 1. The maximum Gasteiger partial charge on any atom is 0.244 e. The van der Waals surface area contributed by atoms with Crippen LogP contribution in [0.4, 0.5) is 0 Å². The predicted molar refractivity (Wildman–Crippen MR) is 107 cm³/mol. The second-order valence-corrected chi connectivity index (χ2v) is 6.05. The van der Waals surface area contributed by atoms with Gasteiger partial charge in [0.05, 0.1) is 7.11 Å². The molecule has 0 unspecified atom stereocenters. The van der Waals surface area contributed by atoms with Gasteiger partial charge in [-0.15, -0.1) is 0 Å². The van der Waals surface area contributed by atoms with Gasteiger partial charge in [0.2, 0.25) is 5.91 Å². The Labute approximate surface area is 158 Å². The summed E-state index contributed by atoms with van der Waals surface area (Å²) in [5.41, 5.74) is 4.10. The molecule has 0 bridgehead atoms. The highest BCUT2D eigenvalue weighted by Gasteiger charge is 2.03. The molecule has 0 radical (unpaired) electrons. The molecule has 0 aromatic heterocycles. The van der Waals surface area contributed by atoms with E-state index < -0.39 is 0 Å². The monoisotopic (exact) mass is 359 g/mol. The third kappa shape index (κ3) is 4.98. The Morgan fingerprint density at radius 3 is 2.41 bits per heavy atom. The van der Waals surface area contributed by atoms with Gasteiger partial charge in [0.1, 0.15) is 0 Å². The lowest BCUT2D eigenvalue weighted by molar-refractivity contribution is -0.116. The van der Waals surface area contributed by atoms with Gasteiger partial charge in [-0.1, -0.05) is 60.7 Å². The summed E-state index contributed by atoms with van der Waals surface area (Å²) in [6.45, 7) is 0.354. The number of hydrogen-bond acceptors (Lipinski definition) is 3. The maximum absolute atomic E-state index is 12.0. The summed E-state index contributed by atoms with van der Waals surface area (Å²) in [7, 11) is 1.49. The van der Waals surface area contributed by atoms with E-state index in [1.165, 1.54) is 13.2 Å². The number of ether oxygens (including phenoxy) is 1. The van der Waals surface area contributed by atoms with Gasteiger partial charge in [0.15, 0.2) is 11.5 Å². The van der Waals surface area contributed by atoms with Crippen LogP contribution >= 0.6 is 0 Å². The largest absolute Gasteiger partial charge is 0.504 e. The topological polar surface area (TPSA) is 58.6 Å². The summed E-state index contributed by atoms with van der Waals surface area (Å²) in [6, 6.07) is 23.2. The summed E-state index contributed by atoms with van der Waals surface area (Å²) in [6.07, 6.45) is 3.29. The van der Waals surface area contributed by atoms with Gasteiger partial charge in [-0.25, -0.2) is 0 Å². The molecule has 0 fully saturated rings. The summed E-state index contributed by atoms with van der Waals surface area (Å²) in [5.74, 6) is 0.274. The highest BCUT2D eigenvalue weighted by Crippen LogP contribution is 2.26. The van der Waals surface area contributed by atoms with Crippen molar-refractivity contribution < 1.29 is 14.6 Å². The summed E-state index contributed by atoms with van der Waals surface area (Å²) < 4.78 is 5.06. The molecule has 3 aromatic rings. The van der Waals surface area contributed by atoms with Crippen molar-refractivity contribution in [3.63, 3.8) is 0 Å². The van der Waals surface area contributed by atoms with E-state index in [1.54, 1.807) is 24.3 Å². The maximum atomic E-state index is 12.0. The van der Waals surface area contributed by atoms with Gasteiger partial charge in [-0.3, -0.25) is 4.79 Å². The highest BCUT2D eigenvalue weighted by atomic mass is 16.5. The first-order valence-corrected chi connectivity index (χ1v) is 8.63. The van der Waals surface area contributed by atoms with Crippen molar-refractivity contribution in [3.8, 4) is 22.6 Å². The SMILES string of the molecule is COc1cc(CNC(=O)/C=C/c2ccc(-c3ccccc3)cc2)ccc1O. The molecule has 1 amide bonds. The van der Waals surface area contributed by atoms with Crippen LogP contribution in [0.1, 0.15) is 11.1 Å². The molecule has 136 valence electrons. The van der Waals surface area contributed by atoms with Crippen LogP contribution in [-0.2, 0) is 11.3 Å². The van der Waals surface area contributed by atoms with E-state index in [0.717, 1.165) is 22.3 Å². The van der Waals surface area contributed by atoms with E-state index >= 15 is 0 Å². The number of methoxy groups -OCH3 is 1. The van der Waals surface area contributed by atoms with Crippen LogP contribution in [0.15, 0.2) is 78.9 Å². The molecule has 3 rings (SSSR count). The zero-order valence-corrected chi connectivity index (χ0v) is 15.1. The summed E-state index contributed by atoms with van der Waals surface area (Å²) in [5, 5.41) is 12.4. The average Bonchev–Trinajstić information content (AvgIpc) is 2.72. The van der Waals surface area contributed by atoms with Crippen LogP contribution in [0.3, 0.4) is 0 Å². The quantitative estimate of drug-likeness (QED) is 0.642. The lowest BCUT2D eigenvalue weighted by Crippen LogP contribution is -2.20. The first-order valence-electron chi connectivity index (χ1n) is 8.63. The van der Waals surface area contributed by atoms with E-state index in [2.05, 4.69) is 17.4 Å². The fourth-order valence-electron chi connectivity index (χ4n) is 2.67. The molecule has 27 heavy (non-hydrogen) atoms. The highest BCUT2D eigenvalue weighted by molar-refractivity contribution is 5.91. The van der Waals surface area contributed by atoms with E-state index in [4.69, 9.17) is 4.74 Å². The standard InChI is InChI=1S/C23H21NO3/c1-27-22-15-18(9-13-21(22)25)16-24-23(26)14-10-17-7-11-20(12-8-17)19-5-3-2-4-6-19/h2-15,25H,16H2,1H3,(H,24,26)/b14-10+. The van der Waals surface area contributed by atoms with Gasteiger partial charge in [0.25, 0.3) is 0 Å². The molecule has 0 saturated carbocycles. The Morgan fingerprint density at radius 1 is 1.00 bits per heavy atom. The first-order chi connectivity index (χ1) is 13.2. The van der Waals surface area contributed by atoms with Gasteiger partial charge < -0.3 is 15.2 Å². The Bertz CT molecular complexity index is 932. The van der Waals surface area contributed by atoms with Gasteiger partial charge >= 0.3 is 0 Å². The second kappa shape index (κ2) is 8.72. The van der Waals surface area contributed by atoms with Gasteiger partial charge in [-0.2, -0.15) is 0 Å². The summed E-state index contributed by atoms with van der Waals surface area (Å²) >= 11 is 0. The molecule has 2 N–H and O–H groups in total. The van der Waals surface area contributed by atoms with E-state index in [-0.39, 0.29) is 11.7 Å². The van der Waals surface area contributed by atoms with Crippen LogP contribution in [0, 0.1) is 0 Å². The molecule has 0 spiro atoms. The molecule has 0 aliphatic carbocycles. The number of amides is 1. The fourth-order valence-corrected chi connectivity index (χ4v) is 2.67. The van der Waals surface area contributed by atoms with Crippen molar-refractivity contribution in [2.24, 2.45) is 0 Å². The van der Waals surface area contributed by atoms with Crippen molar-refractivity contribution >= 4 is 12.0 Å². The Balaban J connectivity index is 1.57. The van der Waals surface area contributed by atoms with Crippen molar-refractivity contribution in [1.29, 1.82) is 0 Å². The van der Waals surface area contributed by atoms with Crippen LogP contribution in [0.25, 0.3) is 17.2 Å². The van der Waals surface area contributed by atoms with Crippen LogP contribution in [0.5, 0.6) is 11.5 Å². The minimum atomic E-state index is -0.186. The van der Waals surface area contributed by atoms with E-state index in [0.29, 0.717) is 12.3 Å². The van der Waals surface area contributed by atoms with E-state index in [9.17, 15) is 9.90 Å². The number of hydrogen-bond donors (Lipinski definition) is 2. The van der Waals surface area contributed by atoms with Crippen molar-refractivity contribution in [2.75, 3.05) is 7.11 Å². The van der Waals surface area contributed by atoms with Gasteiger partial charge in [0, 0.05) is 12.6 Å². The molecule has 3 aromatic carbocycles. The minimum Gasteiger partial charge on any atom is -0.504 e. The Kier molecular flexibility index (Phi) is 5.90. The van der Waals surface area contributed by atoms with E-state index in [1.807, 2.05) is 42.5 Å². The first kappa shape index (κ1) is 18.3. The number of rotatable bonds is 6. The zero-order valence-electron chi connectivity index (χ0n) is 15.1. The molecule has 4 nitrogen and oxygen atoms in total. The van der Waals surface area contributed by atoms with Crippen LogP contribution < -0.4 is 10.1 Å². The summed E-state index contributed by atoms with van der Waals surface area (Å²) in [4.78, 5) is 12.0. The van der Waals surface area contributed by atoms with Crippen molar-refractivity contribution in [2.45, 2.75) is 6.54 Å². The molecule has 0 saturated heterocycles. The minimum absolute atomic E-state index is 0.0754. The molecule has 0 aliphatic rings. The van der Waals surface area contributed by atoms with Crippen LogP contribution in [0.2, 0.25) is 0 Å². The second-order valence-electron chi connectivity index (χ2n) is 6.05. The molecule has 0 aliphatic heterocycles. The third-order valence-electron chi connectivity index (χ3n) is 4.16. The van der Waals surface area contributed by atoms with Crippen molar-refractivity contribution in [3.05, 3.63) is 90.0 Å². The molecule has 0 heterocycles. The third-order valence-corrected chi connectivity index (χ3v) is 4.16. The Hall–Kier alpha value is -3.53. The normalized spacial score (nSPS) is 10.7. The number of aromatic hydroxyl groups is 1. The predicted octanol–water partition coefficient (Wildman–Crippen LogP) is 4.40. The molecular weight excluding hydrogens is 338 g/mol. The average molecular weight is 359 g/mol. The van der Waals surface area contributed by atoms with Crippen LogP contribution in [-0.4, -0.2) is 18.1 Å². The lowest BCUT2D eigenvalue weighted by Gasteiger charge is -2.07. The lowest BCUT2D eigenvalue weighted by atomic mass is 10.0. The number of benzene rings is 3. The zero-order chi connectivity index (χ0) is 19.1. The number of carbonyl (C=O) groups excluding carboxylic acids is 1. The fraction of sp³-hybridized carbons (Fsp3) is 0.0870. The number of phenolic OH excluding ortho intramolecular Hbond substituents is 1. The molecule has 4 heteroatoms.